The van der Waals surface area contributed by atoms with Crippen LogP contribution in [-0.4, -0.2) is 166 Å². The van der Waals surface area contributed by atoms with Gasteiger partial charge in [0.25, 0.3) is 0 Å². The number of rotatable bonds is 55. The van der Waals surface area contributed by atoms with Gasteiger partial charge in [0.05, 0.1) is 0 Å². The molecular weight excluding hydrogens is 2060 g/mol. The van der Waals surface area contributed by atoms with E-state index in [1.165, 1.54) is 320 Å². The molecule has 0 spiro atoms. The molecule has 0 radical (unpaired) electrons. The Labute approximate surface area is 960 Å². The van der Waals surface area contributed by atoms with Gasteiger partial charge in [-0.1, -0.05) is 348 Å². The van der Waals surface area contributed by atoms with E-state index in [1.54, 1.807) is 11.8 Å². The van der Waals surface area contributed by atoms with Crippen LogP contribution in [0.1, 0.15) is 536 Å². The summed E-state index contributed by atoms with van der Waals surface area (Å²) in [5.74, 6) is 5.65. The van der Waals surface area contributed by atoms with Gasteiger partial charge in [0.2, 0.25) is 38.3 Å². The summed E-state index contributed by atoms with van der Waals surface area (Å²) >= 11 is 38.1. The Morgan fingerprint density at radius 1 is 0.365 bits per heavy atom. The molecule has 27 heteroatoms. The number of thiol groups is 1. The van der Waals surface area contributed by atoms with E-state index in [4.69, 9.17) is 84.4 Å². The molecule has 1 saturated heterocycles. The van der Waals surface area contributed by atoms with Crippen LogP contribution in [0.3, 0.4) is 0 Å². The Morgan fingerprint density at radius 3 is 0.939 bits per heavy atom. The number of hydrogen-bond donors (Lipinski definition) is 8. The lowest BCUT2D eigenvalue weighted by Gasteiger charge is -2.49. The molecule has 4 heterocycles. The van der Waals surface area contributed by atoms with Gasteiger partial charge >= 0.3 is 0 Å². The van der Waals surface area contributed by atoms with E-state index in [2.05, 4.69) is 316 Å². The maximum atomic E-state index is 6.51. The van der Waals surface area contributed by atoms with Gasteiger partial charge in [-0.05, 0) is 378 Å². The maximum absolute atomic E-state index is 6.51. The fraction of sp³-hybridized carbons (Fsp3) is 0.926. The van der Waals surface area contributed by atoms with Crippen LogP contribution in [0.4, 0.5) is 11.9 Å². The number of aromatic nitrogens is 9. The molecule has 9 N–H and O–H groups in total. The normalized spacial score (nSPS) is 20.3. The van der Waals surface area contributed by atoms with Crippen LogP contribution in [0.2, 0.25) is 26.4 Å². The van der Waals surface area contributed by atoms with Gasteiger partial charge in [-0.25, -0.2) is 0 Å². The molecule has 0 amide bonds. The molecule has 866 valence electrons. The van der Waals surface area contributed by atoms with Crippen molar-refractivity contribution >= 4 is 122 Å². The van der Waals surface area contributed by atoms with E-state index in [1.807, 2.05) is 11.8 Å². The van der Waals surface area contributed by atoms with Crippen LogP contribution in [0.5, 0.6) is 0 Å². The molecule has 148 heavy (non-hydrogen) atoms. The van der Waals surface area contributed by atoms with Crippen LogP contribution < -0.4 is 47.9 Å². The Morgan fingerprint density at radius 2 is 0.635 bits per heavy atom. The summed E-state index contributed by atoms with van der Waals surface area (Å²) in [6.07, 6.45) is 62.3. The van der Waals surface area contributed by atoms with E-state index in [9.17, 15) is 0 Å². The molecule has 18 nitrogen and oxygen atoms in total. The van der Waals surface area contributed by atoms with Gasteiger partial charge < -0.3 is 47.9 Å². The standard InChI is InChI=1S/C62H120N8S.C25H51N3.C11H17Cl2N3S.C10H21N.C7H15Br.C3Cl3N3.C3H8S/c1-18-19-20-21-26-31-36-71-55-67-53(69(51-41-58(8,9)46-59(10,11)42-51)34-29-24-22-27-32-64-49(37-48(2)3)40-62(16,17)63)66-54(68-55)70(52-43-60(12,13)47-61(14,15)44-52)35-30-25-23-28-33-65-50-38-56(4,5)45-57(6,7)39-50;1-22(2)15-20(16-23(3,4)19-22)26-13-11-9-10-12-14-27-21-17-24(5,6)28-25(7,8)18-21;1-2-3-4-5-6-7-8-17-11-15-9(12)14-10(13)16-11;1-9(2)5-8(11)6-10(3,4)7-9;1-2-3-4-5-6-7-8;4-1-7-2(5)9-3(6)8-1;1-2-3-4/h48-52,64-65H,18-47,63H2,1-17H3;20-21,26-28H,9-19H2,1-8H3;2-8H2,1H3;8H,5-7,11H2,1-4H3;2-7H2,1H3;;4H,2-3H2,1H3. The van der Waals surface area contributed by atoms with E-state index in [-0.39, 0.29) is 64.7 Å². The van der Waals surface area contributed by atoms with Crippen molar-refractivity contribution in [2.45, 2.75) is 605 Å². The van der Waals surface area contributed by atoms with E-state index >= 15 is 0 Å². The zero-order chi connectivity index (χ0) is 112. The zero-order valence-corrected chi connectivity index (χ0v) is 109. The number of halogens is 6. The van der Waals surface area contributed by atoms with Crippen LogP contribution in [0, 0.1) is 60.1 Å². The minimum Gasteiger partial charge on any atom is -0.338 e. The minimum atomic E-state index is -0.151. The fourth-order valence-electron chi connectivity index (χ4n) is 27.2. The topological polar surface area (TPSA) is 235 Å². The summed E-state index contributed by atoms with van der Waals surface area (Å²) in [5, 5.41) is 22.5. The van der Waals surface area contributed by atoms with Gasteiger partial charge in [0.15, 0.2) is 10.3 Å². The Kier molecular flexibility index (Phi) is 67.4. The Hall–Kier alpha value is -0.670. The van der Waals surface area contributed by atoms with Crippen molar-refractivity contribution in [1.82, 2.24) is 71.4 Å². The highest BCUT2D eigenvalue weighted by molar-refractivity contribution is 9.09. The lowest BCUT2D eigenvalue weighted by molar-refractivity contribution is 0.0846. The first-order valence-corrected chi connectivity index (χ1v) is 65.2. The number of anilines is 2. The molecule has 6 fully saturated rings. The first kappa shape index (κ1) is 141. The van der Waals surface area contributed by atoms with Crippen molar-refractivity contribution in [2.24, 2.45) is 71.5 Å². The lowest BCUT2D eigenvalue weighted by Crippen LogP contribution is -2.61. The molecule has 3 aromatic rings. The maximum Gasteiger partial charge on any atom is 0.231 e. The predicted molar refractivity (Wildman–Crippen MR) is 662 cm³/mol. The van der Waals surface area contributed by atoms with Crippen molar-refractivity contribution in [2.75, 3.05) is 71.7 Å². The molecular formula is C121H232BrCl5N18S3. The fourth-order valence-corrected chi connectivity index (χ4v) is 30.3. The first-order chi connectivity index (χ1) is 68.8. The number of alkyl halides is 1. The predicted octanol–water partition coefficient (Wildman–Crippen LogP) is 35.9. The second-order valence-electron chi connectivity index (χ2n) is 56.6. The summed E-state index contributed by atoms with van der Waals surface area (Å²) in [6.45, 7) is 82.9. The quantitative estimate of drug-likeness (QED) is 0.0114. The molecule has 9 rings (SSSR count). The molecule has 1 aliphatic heterocycles. The van der Waals surface area contributed by atoms with Crippen LogP contribution in [0.15, 0.2) is 10.3 Å². The molecule has 5 saturated carbocycles. The van der Waals surface area contributed by atoms with Crippen LogP contribution >= 0.6 is 110 Å². The largest absolute Gasteiger partial charge is 0.338 e. The number of nitrogens with zero attached hydrogens (tertiary/aromatic N) is 11. The third-order valence-corrected chi connectivity index (χ3v) is 33.7. The average molecular weight is 2290 g/mol. The summed E-state index contributed by atoms with van der Waals surface area (Å²) in [4.78, 5) is 44.3. The van der Waals surface area contributed by atoms with Crippen molar-refractivity contribution < 1.29 is 0 Å². The first-order valence-electron chi connectivity index (χ1n) is 59.6. The molecule has 6 aliphatic rings. The number of nitrogens with one attached hydrogen (secondary N) is 5. The van der Waals surface area contributed by atoms with E-state index < -0.39 is 0 Å². The highest BCUT2D eigenvalue weighted by atomic mass is 79.9. The smallest absolute Gasteiger partial charge is 0.231 e. The third kappa shape index (κ3) is 67.8. The van der Waals surface area contributed by atoms with Gasteiger partial charge in [0, 0.05) is 88.8 Å². The van der Waals surface area contributed by atoms with Gasteiger partial charge in [-0.15, -0.1) is 0 Å². The van der Waals surface area contributed by atoms with Crippen molar-refractivity contribution in [3.05, 3.63) is 26.4 Å². The molecule has 0 bridgehead atoms. The third-order valence-electron chi connectivity index (χ3n) is 30.0. The molecule has 3 aromatic heterocycles. The number of thioether (sulfide) groups is 2. The Balaban J connectivity index is 0.000000581. The molecule has 1 unspecified atom stereocenters. The summed E-state index contributed by atoms with van der Waals surface area (Å²) in [6, 6.07) is 3.73. The highest BCUT2D eigenvalue weighted by Crippen LogP contribution is 2.52. The van der Waals surface area contributed by atoms with E-state index in [0.717, 1.165) is 73.3 Å². The Bertz CT molecular complexity index is 3680. The number of hydrogen-bond acceptors (Lipinski definition) is 21. The second-order valence-corrected chi connectivity index (χ2v) is 61.6. The molecule has 5 aliphatic carbocycles. The molecule has 0 aromatic carbocycles. The van der Waals surface area contributed by atoms with Gasteiger partial charge in [-0.3, -0.25) is 0 Å². The summed E-state index contributed by atoms with van der Waals surface area (Å²) in [7, 11) is 0. The number of piperidine rings is 1. The second kappa shape index (κ2) is 70.5. The lowest BCUT2D eigenvalue weighted by atomic mass is 9.63. The number of unbranched alkanes of at least 4 members (excludes halogenated alkanes) is 23. The van der Waals surface area contributed by atoms with Crippen LogP contribution in [0.25, 0.3) is 0 Å². The minimum absolute atomic E-state index is 0.000000000000000444. The average Bonchev–Trinajstić information content (AvgIpc) is 0.768. The number of nitrogens with two attached hydrogens (primary N) is 2. The van der Waals surface area contributed by atoms with E-state index in [0.29, 0.717) is 85.9 Å². The monoisotopic (exact) mass is 2290 g/mol. The summed E-state index contributed by atoms with van der Waals surface area (Å²) in [5.41, 5.74) is 16.6. The highest BCUT2D eigenvalue weighted by Gasteiger charge is 2.46. The van der Waals surface area contributed by atoms with Crippen molar-refractivity contribution in [3.63, 3.8) is 0 Å². The zero-order valence-electron chi connectivity index (χ0n) is 101. The summed E-state index contributed by atoms with van der Waals surface area (Å²) < 4.78 is 0. The van der Waals surface area contributed by atoms with Crippen molar-refractivity contribution in [3.8, 4) is 0 Å². The van der Waals surface area contributed by atoms with Gasteiger partial charge in [-0.2, -0.15) is 57.5 Å². The van der Waals surface area contributed by atoms with Gasteiger partial charge in [0.1, 0.15) is 0 Å². The SMILES string of the molecule is CC1(C)CC(N)CC(C)(C)C1.CC1(C)CC(NCCCCCCNC2CC(C)(C)NC(C)(C)C2)CC(C)(C)C1.CCCCCCCBr.CCCCCCCCSc1nc(Cl)nc(Cl)n1.CCCCCCCCSc1nc(N(CCCCCCNC(CC(C)C)CC(C)(C)N)C2CC(C)(C)CC(C)(C)C2)nc(N(CCCCCCNC2CC(C)(C)CC(C)(C)C2)C2CC(C)(C)CC(C)(C)C2)n1.CCCS.Clc1nc(Cl)nc(Cl)n1. The van der Waals surface area contributed by atoms with Crippen molar-refractivity contribution in [1.29, 1.82) is 0 Å². The van der Waals surface area contributed by atoms with Crippen LogP contribution in [-0.2, 0) is 0 Å². The molecule has 1 atom stereocenters.